The minimum absolute atomic E-state index is 0.0731. The molecular weight excluding hydrogens is 500 g/mol. The number of hydrogen-bond donors (Lipinski definition) is 1. The van der Waals surface area contributed by atoms with Crippen molar-refractivity contribution in [3.8, 4) is 17.2 Å². The van der Waals surface area contributed by atoms with Crippen LogP contribution in [-0.4, -0.2) is 37.1 Å². The number of nitro benzene ring substituents is 1. The molecule has 0 aliphatic rings. The van der Waals surface area contributed by atoms with E-state index in [0.29, 0.717) is 16.8 Å². The highest BCUT2D eigenvalue weighted by Crippen LogP contribution is 2.32. The fraction of sp³-hybridized carbons (Fsp3) is 0.0400. The Bertz CT molecular complexity index is 1580. The molecule has 37 heavy (non-hydrogen) atoms. The van der Waals surface area contributed by atoms with E-state index in [0.717, 1.165) is 12.1 Å². The quantitative estimate of drug-likeness (QED) is 0.152. The van der Waals surface area contributed by atoms with Crippen LogP contribution < -0.4 is 14.3 Å². The third kappa shape index (κ3) is 5.65. The summed E-state index contributed by atoms with van der Waals surface area (Å²) in [6.07, 6.45) is 4.92. The second-order valence-corrected chi connectivity index (χ2v) is 8.99. The number of hydrazone groups is 1. The average Bonchev–Trinajstić information content (AvgIpc) is 3.43. The SMILES string of the molecule is COc1ccc(/C=N\NC(=O)c2ccccc2-n2cccc2)cc1OS(=O)(=O)c1ccccc1[N+](=O)[O-]. The molecule has 0 aliphatic carbocycles. The van der Waals surface area contributed by atoms with Gasteiger partial charge in [0.2, 0.25) is 0 Å². The summed E-state index contributed by atoms with van der Waals surface area (Å²) in [5, 5.41) is 15.2. The third-order valence-electron chi connectivity index (χ3n) is 5.13. The van der Waals surface area contributed by atoms with Crippen LogP contribution in [0, 0.1) is 10.1 Å². The summed E-state index contributed by atoms with van der Waals surface area (Å²) >= 11 is 0. The Morgan fingerprint density at radius 3 is 2.43 bits per heavy atom. The molecule has 11 nitrogen and oxygen atoms in total. The van der Waals surface area contributed by atoms with Crippen LogP contribution >= 0.6 is 0 Å². The van der Waals surface area contributed by atoms with Gasteiger partial charge in [-0.2, -0.15) is 13.5 Å². The Labute approximate surface area is 211 Å². The Hall–Kier alpha value is -4.97. The first kappa shape index (κ1) is 25.1. The monoisotopic (exact) mass is 520 g/mol. The molecule has 0 radical (unpaired) electrons. The number of rotatable bonds is 9. The highest BCUT2D eigenvalue weighted by molar-refractivity contribution is 7.87. The number of hydrogen-bond acceptors (Lipinski definition) is 8. The lowest BCUT2D eigenvalue weighted by atomic mass is 10.1. The van der Waals surface area contributed by atoms with Gasteiger partial charge < -0.3 is 13.5 Å². The van der Waals surface area contributed by atoms with E-state index in [9.17, 15) is 23.3 Å². The Morgan fingerprint density at radius 1 is 1.00 bits per heavy atom. The van der Waals surface area contributed by atoms with E-state index >= 15 is 0 Å². The second-order valence-electron chi connectivity index (χ2n) is 7.48. The molecular formula is C25H20N4O7S. The standard InChI is InChI=1S/C25H20N4O7S/c1-35-22-13-12-18(16-23(22)36-37(33,34)24-11-5-4-10-21(24)29(31)32)17-26-27-25(30)19-8-2-3-9-20(19)28-14-6-7-15-28/h2-17H,1H3,(H,27,30)/b26-17-. The lowest BCUT2D eigenvalue weighted by molar-refractivity contribution is -0.387. The van der Waals surface area contributed by atoms with Crippen LogP contribution in [0.15, 0.2) is 101 Å². The van der Waals surface area contributed by atoms with Gasteiger partial charge in [-0.1, -0.05) is 24.3 Å². The van der Waals surface area contributed by atoms with Crippen LogP contribution in [0.2, 0.25) is 0 Å². The number of nitrogens with zero attached hydrogens (tertiary/aromatic N) is 3. The molecule has 0 aliphatic heterocycles. The smallest absolute Gasteiger partial charge is 0.346 e. The number of carbonyl (C=O) groups excluding carboxylic acids is 1. The van der Waals surface area contributed by atoms with Gasteiger partial charge in [0.05, 0.1) is 29.5 Å². The summed E-state index contributed by atoms with van der Waals surface area (Å²) in [7, 11) is -3.26. The van der Waals surface area contributed by atoms with Crippen molar-refractivity contribution in [2.45, 2.75) is 4.90 Å². The first-order valence-corrected chi connectivity index (χ1v) is 12.1. The molecule has 0 unspecified atom stereocenters. The van der Waals surface area contributed by atoms with Crippen molar-refractivity contribution in [1.82, 2.24) is 9.99 Å². The lowest BCUT2D eigenvalue weighted by Gasteiger charge is -2.11. The molecule has 0 bridgehead atoms. The van der Waals surface area contributed by atoms with Gasteiger partial charge in [0, 0.05) is 18.5 Å². The molecule has 4 aromatic rings. The molecule has 1 aromatic heterocycles. The fourth-order valence-electron chi connectivity index (χ4n) is 3.43. The molecule has 0 spiro atoms. The van der Waals surface area contributed by atoms with Crippen LogP contribution in [0.5, 0.6) is 11.5 Å². The van der Waals surface area contributed by atoms with E-state index in [1.807, 2.05) is 30.6 Å². The van der Waals surface area contributed by atoms with E-state index in [2.05, 4.69) is 10.5 Å². The molecule has 4 rings (SSSR count). The summed E-state index contributed by atoms with van der Waals surface area (Å²) < 4.78 is 37.8. The number of methoxy groups -OCH3 is 1. The van der Waals surface area contributed by atoms with Gasteiger partial charge in [-0.3, -0.25) is 14.9 Å². The van der Waals surface area contributed by atoms with Crippen molar-refractivity contribution in [2.24, 2.45) is 5.10 Å². The average molecular weight is 521 g/mol. The molecule has 1 amide bonds. The summed E-state index contributed by atoms with van der Waals surface area (Å²) in [4.78, 5) is 22.6. The highest BCUT2D eigenvalue weighted by Gasteiger charge is 2.28. The number of ether oxygens (including phenoxy) is 1. The van der Waals surface area contributed by atoms with E-state index in [4.69, 9.17) is 8.92 Å². The molecule has 12 heteroatoms. The van der Waals surface area contributed by atoms with Crippen LogP contribution in [0.4, 0.5) is 5.69 Å². The Kier molecular flexibility index (Phi) is 7.30. The van der Waals surface area contributed by atoms with Crippen molar-refractivity contribution in [3.05, 3.63) is 112 Å². The minimum Gasteiger partial charge on any atom is -0.493 e. The molecule has 3 aromatic carbocycles. The lowest BCUT2D eigenvalue weighted by Crippen LogP contribution is -2.19. The summed E-state index contributed by atoms with van der Waals surface area (Å²) in [6, 6.07) is 19.8. The van der Waals surface area contributed by atoms with E-state index in [1.54, 1.807) is 28.8 Å². The predicted octanol–water partition coefficient (Wildman–Crippen LogP) is 3.93. The van der Waals surface area contributed by atoms with Gasteiger partial charge in [-0.15, -0.1) is 0 Å². The largest absolute Gasteiger partial charge is 0.493 e. The van der Waals surface area contributed by atoms with E-state index < -0.39 is 31.5 Å². The van der Waals surface area contributed by atoms with Gasteiger partial charge in [-0.25, -0.2) is 5.43 Å². The van der Waals surface area contributed by atoms with Gasteiger partial charge >= 0.3 is 10.1 Å². The minimum atomic E-state index is -4.57. The van der Waals surface area contributed by atoms with Crippen LogP contribution in [-0.2, 0) is 10.1 Å². The van der Waals surface area contributed by atoms with Crippen molar-refractivity contribution < 1.29 is 27.1 Å². The van der Waals surface area contributed by atoms with Crippen molar-refractivity contribution in [2.75, 3.05) is 7.11 Å². The molecule has 0 fully saturated rings. The number of aromatic nitrogens is 1. The number of benzene rings is 3. The molecule has 188 valence electrons. The van der Waals surface area contributed by atoms with Crippen molar-refractivity contribution >= 4 is 27.9 Å². The third-order valence-corrected chi connectivity index (χ3v) is 6.41. The number of carbonyl (C=O) groups is 1. The van der Waals surface area contributed by atoms with Gasteiger partial charge in [0.25, 0.3) is 11.6 Å². The first-order valence-electron chi connectivity index (χ1n) is 10.7. The van der Waals surface area contributed by atoms with Crippen molar-refractivity contribution in [1.29, 1.82) is 0 Å². The Morgan fingerprint density at radius 2 is 1.70 bits per heavy atom. The zero-order valence-electron chi connectivity index (χ0n) is 19.3. The van der Waals surface area contributed by atoms with Crippen LogP contribution in [0.1, 0.15) is 15.9 Å². The maximum absolute atomic E-state index is 12.8. The zero-order valence-corrected chi connectivity index (χ0v) is 20.2. The second kappa shape index (κ2) is 10.7. The molecule has 1 N–H and O–H groups in total. The highest BCUT2D eigenvalue weighted by atomic mass is 32.2. The van der Waals surface area contributed by atoms with Crippen molar-refractivity contribution in [3.63, 3.8) is 0 Å². The van der Waals surface area contributed by atoms with Gasteiger partial charge in [0.15, 0.2) is 16.4 Å². The fourth-order valence-corrected chi connectivity index (χ4v) is 4.53. The normalized spacial score (nSPS) is 11.3. The number of nitro groups is 1. The van der Waals surface area contributed by atoms with E-state index in [-0.39, 0.29) is 11.5 Å². The molecule has 0 atom stereocenters. The molecule has 0 saturated heterocycles. The maximum Gasteiger partial charge on any atom is 0.346 e. The number of para-hydroxylation sites is 2. The predicted molar refractivity (Wildman–Crippen MR) is 135 cm³/mol. The topological polar surface area (TPSA) is 142 Å². The summed E-state index contributed by atoms with van der Waals surface area (Å²) in [6.45, 7) is 0. The molecule has 0 saturated carbocycles. The molecule has 1 heterocycles. The van der Waals surface area contributed by atoms with Crippen LogP contribution in [0.3, 0.4) is 0 Å². The summed E-state index contributed by atoms with van der Waals surface area (Å²) in [5.74, 6) is -0.595. The summed E-state index contributed by atoms with van der Waals surface area (Å²) in [5.41, 5.74) is 3.25. The number of nitrogens with one attached hydrogen (secondary N) is 1. The number of amides is 1. The first-order chi connectivity index (χ1) is 17.8. The van der Waals surface area contributed by atoms with Gasteiger partial charge in [0.1, 0.15) is 0 Å². The Balaban J connectivity index is 1.55. The maximum atomic E-state index is 12.8. The van der Waals surface area contributed by atoms with Gasteiger partial charge in [-0.05, 0) is 54.1 Å². The zero-order chi connectivity index (χ0) is 26.4. The van der Waals surface area contributed by atoms with Crippen LogP contribution in [0.25, 0.3) is 5.69 Å². The van der Waals surface area contributed by atoms with E-state index in [1.165, 1.54) is 37.6 Å².